The number of nitrogens with two attached hydrogens (primary N) is 1. The van der Waals surface area contributed by atoms with Crippen LogP contribution in [-0.4, -0.2) is 27.3 Å². The predicted molar refractivity (Wildman–Crippen MR) is 106 cm³/mol. The number of aromatic nitrogens is 2. The first kappa shape index (κ1) is 19.9. The van der Waals surface area contributed by atoms with Gasteiger partial charge in [-0.05, 0) is 51.8 Å². The summed E-state index contributed by atoms with van der Waals surface area (Å²) in [4.78, 5) is 25.2. The molecular formula is C21H23ClFN3O3. The summed E-state index contributed by atoms with van der Waals surface area (Å²) in [6.07, 6.45) is 2.13. The molecule has 1 saturated carbocycles. The first-order valence-electron chi connectivity index (χ1n) is 9.58. The average molecular weight is 420 g/mol. The second-order valence-electron chi connectivity index (χ2n) is 8.97. The first-order valence-corrected chi connectivity index (χ1v) is 9.96. The summed E-state index contributed by atoms with van der Waals surface area (Å²) in [5, 5.41) is 4.54. The van der Waals surface area contributed by atoms with Crippen molar-refractivity contribution in [2.75, 3.05) is 0 Å². The summed E-state index contributed by atoms with van der Waals surface area (Å²) >= 11 is 5.92. The van der Waals surface area contributed by atoms with E-state index >= 15 is 0 Å². The molecule has 1 fully saturated rings. The lowest BCUT2D eigenvalue weighted by molar-refractivity contribution is -0.163. The molecule has 1 aliphatic heterocycles. The maximum absolute atomic E-state index is 13.6. The van der Waals surface area contributed by atoms with Crippen LogP contribution >= 0.6 is 11.6 Å². The minimum absolute atomic E-state index is 0.0609. The van der Waals surface area contributed by atoms with Crippen molar-refractivity contribution >= 4 is 23.5 Å². The van der Waals surface area contributed by atoms with E-state index < -0.39 is 17.3 Å². The Kier molecular flexibility index (Phi) is 4.49. The van der Waals surface area contributed by atoms with E-state index in [0.717, 1.165) is 12.8 Å². The zero-order valence-electron chi connectivity index (χ0n) is 16.6. The van der Waals surface area contributed by atoms with Crippen LogP contribution in [0.2, 0.25) is 5.02 Å². The lowest BCUT2D eigenvalue weighted by atomic mass is 9.81. The quantitative estimate of drug-likeness (QED) is 0.768. The highest BCUT2D eigenvalue weighted by molar-refractivity contribution is 6.31. The molecular weight excluding hydrogens is 397 g/mol. The fourth-order valence-corrected chi connectivity index (χ4v) is 4.31. The normalized spacial score (nSPS) is 19.7. The minimum atomic E-state index is -0.642. The number of fused-ring (bicyclic) bond motifs is 1. The Hall–Kier alpha value is -2.41. The van der Waals surface area contributed by atoms with E-state index in [1.807, 2.05) is 20.8 Å². The maximum atomic E-state index is 13.6. The fourth-order valence-electron chi connectivity index (χ4n) is 4.13. The zero-order chi connectivity index (χ0) is 21.1. The van der Waals surface area contributed by atoms with Crippen molar-refractivity contribution in [3.8, 4) is 11.3 Å². The van der Waals surface area contributed by atoms with Crippen molar-refractivity contribution < 1.29 is 18.7 Å². The molecule has 0 radical (unpaired) electrons. The van der Waals surface area contributed by atoms with Crippen molar-refractivity contribution in [2.45, 2.75) is 52.2 Å². The van der Waals surface area contributed by atoms with Gasteiger partial charge in [0.1, 0.15) is 17.1 Å². The summed E-state index contributed by atoms with van der Waals surface area (Å²) in [5.41, 5.74) is 6.61. The number of amides is 1. The summed E-state index contributed by atoms with van der Waals surface area (Å²) in [7, 11) is 0. The van der Waals surface area contributed by atoms with Crippen LogP contribution in [0.1, 0.15) is 49.7 Å². The zero-order valence-corrected chi connectivity index (χ0v) is 17.3. The Balaban J connectivity index is 1.78. The molecule has 1 spiro atoms. The Morgan fingerprint density at radius 3 is 2.59 bits per heavy atom. The molecule has 2 aliphatic rings. The number of halogens is 2. The molecule has 1 aromatic heterocycles. The largest absolute Gasteiger partial charge is 0.460 e. The number of hydrogen-bond donors (Lipinski definition) is 1. The van der Waals surface area contributed by atoms with E-state index in [9.17, 15) is 14.0 Å². The highest BCUT2D eigenvalue weighted by Crippen LogP contribution is 2.57. The average Bonchev–Trinajstić information content (AvgIpc) is 3.25. The molecule has 1 aliphatic carbocycles. The van der Waals surface area contributed by atoms with Crippen LogP contribution in [0.4, 0.5) is 4.39 Å². The molecule has 4 rings (SSSR count). The van der Waals surface area contributed by atoms with Gasteiger partial charge in [-0.2, -0.15) is 5.10 Å². The lowest BCUT2D eigenvalue weighted by Crippen LogP contribution is -2.40. The van der Waals surface area contributed by atoms with Gasteiger partial charge in [0.2, 0.25) is 0 Å². The number of esters is 1. The number of benzene rings is 1. The number of hydrogen-bond acceptors (Lipinski definition) is 4. The van der Waals surface area contributed by atoms with E-state index in [0.29, 0.717) is 29.9 Å². The van der Waals surface area contributed by atoms with Gasteiger partial charge in [-0.15, -0.1) is 0 Å². The molecule has 29 heavy (non-hydrogen) atoms. The van der Waals surface area contributed by atoms with Crippen molar-refractivity contribution in [3.63, 3.8) is 0 Å². The molecule has 1 amide bonds. The van der Waals surface area contributed by atoms with Gasteiger partial charge in [-0.3, -0.25) is 14.3 Å². The molecule has 1 aromatic carbocycles. The highest BCUT2D eigenvalue weighted by Gasteiger charge is 2.57. The van der Waals surface area contributed by atoms with Crippen LogP contribution in [0.3, 0.4) is 0 Å². The topological polar surface area (TPSA) is 87.2 Å². The van der Waals surface area contributed by atoms with Crippen molar-refractivity contribution in [3.05, 3.63) is 40.3 Å². The van der Waals surface area contributed by atoms with Gasteiger partial charge < -0.3 is 10.5 Å². The molecule has 2 N–H and O–H groups in total. The van der Waals surface area contributed by atoms with Crippen molar-refractivity contribution in [1.82, 2.24) is 9.78 Å². The summed E-state index contributed by atoms with van der Waals surface area (Å²) < 4.78 is 21.0. The molecule has 1 atom stereocenters. The second-order valence-corrected chi connectivity index (χ2v) is 9.38. The van der Waals surface area contributed by atoms with Crippen LogP contribution in [0.25, 0.3) is 11.3 Å². The maximum Gasteiger partial charge on any atom is 0.310 e. The minimum Gasteiger partial charge on any atom is -0.460 e. The van der Waals surface area contributed by atoms with Crippen LogP contribution in [-0.2, 0) is 22.5 Å². The Bertz CT molecular complexity index is 1020. The van der Waals surface area contributed by atoms with E-state index in [-0.39, 0.29) is 27.9 Å². The van der Waals surface area contributed by atoms with Gasteiger partial charge in [0.25, 0.3) is 5.91 Å². The van der Waals surface area contributed by atoms with Gasteiger partial charge in [0, 0.05) is 23.9 Å². The number of rotatable bonds is 3. The van der Waals surface area contributed by atoms with Gasteiger partial charge in [-0.1, -0.05) is 11.6 Å². The van der Waals surface area contributed by atoms with E-state index in [1.54, 1.807) is 4.68 Å². The monoisotopic (exact) mass is 419 g/mol. The van der Waals surface area contributed by atoms with Gasteiger partial charge >= 0.3 is 5.97 Å². The number of carbonyl (C=O) groups is 2. The van der Waals surface area contributed by atoms with Crippen molar-refractivity contribution in [1.29, 1.82) is 0 Å². The van der Waals surface area contributed by atoms with E-state index in [2.05, 4.69) is 5.10 Å². The number of nitrogens with zero attached hydrogens (tertiary/aromatic N) is 2. The molecule has 6 nitrogen and oxygen atoms in total. The molecule has 1 unspecified atom stereocenters. The summed E-state index contributed by atoms with van der Waals surface area (Å²) in [6, 6.07) is 4.17. The molecule has 2 aromatic rings. The first-order chi connectivity index (χ1) is 13.5. The van der Waals surface area contributed by atoms with E-state index in [1.165, 1.54) is 18.2 Å². The van der Waals surface area contributed by atoms with Crippen molar-refractivity contribution in [2.24, 2.45) is 17.1 Å². The SMILES string of the molecule is CC(C)(C)OC(=O)C1Cc2c(C(N)=O)c(-c3ccc(F)c(Cl)c3)nn2CC12CC2. The summed E-state index contributed by atoms with van der Waals surface area (Å²) in [5.74, 6) is -1.81. The Labute approximate surface area is 173 Å². The Morgan fingerprint density at radius 1 is 1.34 bits per heavy atom. The third kappa shape index (κ3) is 3.52. The predicted octanol–water partition coefficient (Wildman–Crippen LogP) is 3.74. The van der Waals surface area contributed by atoms with Gasteiger partial charge in [0.15, 0.2) is 0 Å². The smallest absolute Gasteiger partial charge is 0.310 e. The van der Waals surface area contributed by atoms with Crippen LogP contribution in [0, 0.1) is 17.2 Å². The van der Waals surface area contributed by atoms with Gasteiger partial charge in [0.05, 0.1) is 22.2 Å². The molecule has 0 bridgehead atoms. The summed E-state index contributed by atoms with van der Waals surface area (Å²) in [6.45, 7) is 6.02. The molecule has 154 valence electrons. The number of ether oxygens (including phenoxy) is 1. The third-order valence-corrected chi connectivity index (χ3v) is 5.97. The van der Waals surface area contributed by atoms with Crippen LogP contribution < -0.4 is 5.73 Å². The molecule has 2 heterocycles. The fraction of sp³-hybridized carbons (Fsp3) is 0.476. The van der Waals surface area contributed by atoms with Gasteiger partial charge in [-0.25, -0.2) is 4.39 Å². The lowest BCUT2D eigenvalue weighted by Gasteiger charge is -2.33. The molecule has 8 heteroatoms. The third-order valence-electron chi connectivity index (χ3n) is 5.68. The molecule has 0 saturated heterocycles. The standard InChI is InChI=1S/C21H23ClFN3O3/c1-20(2,3)29-19(28)12-9-15-16(18(24)27)17(11-4-5-14(23)13(22)8-11)25-26(15)10-21(12)6-7-21/h4-5,8,12H,6-7,9-10H2,1-3H3,(H2,24,27). The number of primary amides is 1. The Morgan fingerprint density at radius 2 is 2.03 bits per heavy atom. The highest BCUT2D eigenvalue weighted by atomic mass is 35.5. The van der Waals surface area contributed by atoms with Crippen LogP contribution in [0.5, 0.6) is 0 Å². The van der Waals surface area contributed by atoms with Crippen LogP contribution in [0.15, 0.2) is 18.2 Å². The second kappa shape index (κ2) is 6.55. The number of carbonyl (C=O) groups excluding carboxylic acids is 2. The van der Waals surface area contributed by atoms with E-state index in [4.69, 9.17) is 22.1 Å².